The number of thiophene rings is 1. The van der Waals surface area contributed by atoms with Crippen molar-refractivity contribution in [2.75, 3.05) is 4.90 Å². The maximum atomic E-state index is 2.44. The summed E-state index contributed by atoms with van der Waals surface area (Å²) in [5.41, 5.74) is 12.9. The molecule has 0 atom stereocenters. The summed E-state index contributed by atoms with van der Waals surface area (Å²) in [4.78, 5) is 2.44. The minimum absolute atomic E-state index is 1.10. The molecular formula is C64H41NS. The zero-order valence-electron chi connectivity index (χ0n) is 36.0. The van der Waals surface area contributed by atoms with Crippen LogP contribution in [0.3, 0.4) is 0 Å². The fourth-order valence-corrected chi connectivity index (χ4v) is 11.2. The summed E-state index contributed by atoms with van der Waals surface area (Å²) >= 11 is 1.87. The molecule has 0 saturated carbocycles. The zero-order valence-corrected chi connectivity index (χ0v) is 36.8. The first-order valence-electron chi connectivity index (χ1n) is 22.6. The lowest BCUT2D eigenvalue weighted by Crippen LogP contribution is -2.10. The monoisotopic (exact) mass is 855 g/mol. The third-order valence-corrected chi connectivity index (χ3v) is 14.5. The summed E-state index contributed by atoms with van der Waals surface area (Å²) in [6, 6.07) is 91.7. The van der Waals surface area contributed by atoms with E-state index in [0.717, 1.165) is 22.6 Å². The van der Waals surface area contributed by atoms with E-state index in [1.54, 1.807) is 0 Å². The maximum Gasteiger partial charge on any atom is 0.0468 e. The predicted molar refractivity (Wildman–Crippen MR) is 286 cm³/mol. The standard InChI is InChI=1S/C64H41NS/c1-2-14-44(15-3-1)60-40-53(31-33-56(60)51-30-27-42-13-4-5-16-46(42)35-51)65(54-32-34-63-62(41-54)61-37-48-17-6-7-18-49(48)39-64(61)66-63)52-21-12-20-47(36-52)43-25-28-45(29-26-43)59-38-50-19-8-9-22-55(50)57-23-10-11-24-58(57)59/h1-41H. The van der Waals surface area contributed by atoms with E-state index in [1.807, 2.05) is 11.3 Å². The van der Waals surface area contributed by atoms with E-state index < -0.39 is 0 Å². The van der Waals surface area contributed by atoms with Crippen LogP contribution in [0.25, 0.3) is 108 Å². The van der Waals surface area contributed by atoms with E-state index in [4.69, 9.17) is 0 Å². The average Bonchev–Trinajstić information content (AvgIpc) is 3.74. The number of hydrogen-bond acceptors (Lipinski definition) is 2. The van der Waals surface area contributed by atoms with Gasteiger partial charge in [0.15, 0.2) is 0 Å². The highest BCUT2D eigenvalue weighted by atomic mass is 32.1. The van der Waals surface area contributed by atoms with Gasteiger partial charge in [0.25, 0.3) is 0 Å². The molecule has 66 heavy (non-hydrogen) atoms. The van der Waals surface area contributed by atoms with Crippen molar-refractivity contribution >= 4 is 91.7 Å². The first-order chi connectivity index (χ1) is 32.7. The Morgan fingerprint density at radius 1 is 0.227 bits per heavy atom. The molecule has 1 nitrogen and oxygen atoms in total. The fourth-order valence-electron chi connectivity index (χ4n) is 10.1. The second-order valence-electron chi connectivity index (χ2n) is 17.3. The first kappa shape index (κ1) is 38.2. The topological polar surface area (TPSA) is 3.24 Å². The normalized spacial score (nSPS) is 11.6. The van der Waals surface area contributed by atoms with Gasteiger partial charge >= 0.3 is 0 Å². The Kier molecular flexibility index (Phi) is 9.11. The van der Waals surface area contributed by atoms with Gasteiger partial charge in [-0.15, -0.1) is 11.3 Å². The number of rotatable bonds is 7. The molecule has 2 heteroatoms. The molecule has 13 aromatic rings. The van der Waals surface area contributed by atoms with Crippen LogP contribution in [0.5, 0.6) is 0 Å². The van der Waals surface area contributed by atoms with Crippen LogP contribution in [-0.4, -0.2) is 0 Å². The van der Waals surface area contributed by atoms with Gasteiger partial charge in [0.2, 0.25) is 0 Å². The molecule has 0 saturated heterocycles. The Hall–Kier alpha value is -8.30. The largest absolute Gasteiger partial charge is 0.310 e. The molecule has 0 spiro atoms. The van der Waals surface area contributed by atoms with Crippen LogP contribution in [0.15, 0.2) is 249 Å². The van der Waals surface area contributed by atoms with Gasteiger partial charge in [0.05, 0.1) is 0 Å². The molecule has 0 amide bonds. The van der Waals surface area contributed by atoms with Crippen molar-refractivity contribution in [1.29, 1.82) is 0 Å². The molecule has 1 heterocycles. The predicted octanol–water partition coefficient (Wildman–Crippen LogP) is 18.8. The minimum Gasteiger partial charge on any atom is -0.310 e. The van der Waals surface area contributed by atoms with Gasteiger partial charge < -0.3 is 4.90 Å². The Morgan fingerprint density at radius 2 is 0.803 bits per heavy atom. The maximum absolute atomic E-state index is 2.44. The SMILES string of the molecule is c1ccc(-c2cc(N(c3cccc(-c4ccc(-c5cc6ccccc6c6ccccc56)cc4)c3)c3ccc4sc5cc6ccccc6cc5c4c3)ccc2-c2ccc3ccccc3c2)cc1. The van der Waals surface area contributed by atoms with Crippen LogP contribution in [0.2, 0.25) is 0 Å². The van der Waals surface area contributed by atoms with Crippen LogP contribution in [0, 0.1) is 0 Å². The molecule has 0 radical (unpaired) electrons. The van der Waals surface area contributed by atoms with Gasteiger partial charge in [-0.1, -0.05) is 182 Å². The second-order valence-corrected chi connectivity index (χ2v) is 18.4. The smallest absolute Gasteiger partial charge is 0.0468 e. The molecule has 308 valence electrons. The Bertz CT molecular complexity index is 3990. The van der Waals surface area contributed by atoms with E-state index in [9.17, 15) is 0 Å². The van der Waals surface area contributed by atoms with Gasteiger partial charge in [0, 0.05) is 37.2 Å². The van der Waals surface area contributed by atoms with Crippen molar-refractivity contribution in [3.05, 3.63) is 249 Å². The van der Waals surface area contributed by atoms with Crippen LogP contribution >= 0.6 is 11.3 Å². The summed E-state index contributed by atoms with van der Waals surface area (Å²) in [6.07, 6.45) is 0. The summed E-state index contributed by atoms with van der Waals surface area (Å²) < 4.78 is 2.59. The fraction of sp³-hybridized carbons (Fsp3) is 0. The van der Waals surface area contributed by atoms with Crippen molar-refractivity contribution in [2.24, 2.45) is 0 Å². The molecular weight excluding hydrogens is 815 g/mol. The van der Waals surface area contributed by atoms with Crippen molar-refractivity contribution in [3.63, 3.8) is 0 Å². The van der Waals surface area contributed by atoms with Gasteiger partial charge in [-0.05, 0) is 154 Å². The van der Waals surface area contributed by atoms with Crippen LogP contribution < -0.4 is 4.90 Å². The molecule has 0 N–H and O–H groups in total. The zero-order chi connectivity index (χ0) is 43.6. The molecule has 0 aliphatic carbocycles. The lowest BCUT2D eigenvalue weighted by atomic mass is 9.92. The van der Waals surface area contributed by atoms with E-state index in [0.29, 0.717) is 0 Å². The molecule has 0 aliphatic rings. The molecule has 13 rings (SSSR count). The molecule has 1 aromatic heterocycles. The number of hydrogen-bond donors (Lipinski definition) is 0. The van der Waals surface area contributed by atoms with Gasteiger partial charge in [-0.3, -0.25) is 0 Å². The number of benzene rings is 12. The Labute approximate surface area is 387 Å². The number of nitrogens with zero attached hydrogens (tertiary/aromatic N) is 1. The van der Waals surface area contributed by atoms with Crippen molar-refractivity contribution < 1.29 is 0 Å². The Morgan fingerprint density at radius 3 is 1.62 bits per heavy atom. The molecule has 0 bridgehead atoms. The molecule has 12 aromatic carbocycles. The molecule has 0 aliphatic heterocycles. The van der Waals surface area contributed by atoms with E-state index in [1.165, 1.54) is 102 Å². The quantitative estimate of drug-likeness (QED) is 0.144. The second kappa shape index (κ2) is 15.7. The lowest BCUT2D eigenvalue weighted by Gasteiger charge is -2.27. The van der Waals surface area contributed by atoms with E-state index >= 15 is 0 Å². The summed E-state index contributed by atoms with van der Waals surface area (Å²) in [6.45, 7) is 0. The number of anilines is 3. The molecule has 0 fully saturated rings. The first-order valence-corrected chi connectivity index (χ1v) is 23.5. The van der Waals surface area contributed by atoms with E-state index in [-0.39, 0.29) is 0 Å². The van der Waals surface area contributed by atoms with Crippen molar-refractivity contribution in [1.82, 2.24) is 0 Å². The highest BCUT2D eigenvalue weighted by Crippen LogP contribution is 2.45. The summed E-state index contributed by atoms with van der Waals surface area (Å²) in [7, 11) is 0. The minimum atomic E-state index is 1.10. The van der Waals surface area contributed by atoms with Gasteiger partial charge in [-0.25, -0.2) is 0 Å². The number of fused-ring (bicyclic) bond motifs is 8. The van der Waals surface area contributed by atoms with Crippen molar-refractivity contribution in [3.8, 4) is 44.5 Å². The van der Waals surface area contributed by atoms with Crippen molar-refractivity contribution in [2.45, 2.75) is 0 Å². The van der Waals surface area contributed by atoms with Gasteiger partial charge in [-0.2, -0.15) is 0 Å². The Balaban J connectivity index is 0.969. The third kappa shape index (κ3) is 6.62. The summed E-state index contributed by atoms with van der Waals surface area (Å²) in [5, 5.41) is 12.7. The highest BCUT2D eigenvalue weighted by Gasteiger charge is 2.19. The summed E-state index contributed by atoms with van der Waals surface area (Å²) in [5.74, 6) is 0. The van der Waals surface area contributed by atoms with Gasteiger partial charge in [0.1, 0.15) is 0 Å². The lowest BCUT2D eigenvalue weighted by molar-refractivity contribution is 1.29. The van der Waals surface area contributed by atoms with Crippen LogP contribution in [0.1, 0.15) is 0 Å². The van der Waals surface area contributed by atoms with E-state index in [2.05, 4.69) is 254 Å². The van der Waals surface area contributed by atoms with Crippen LogP contribution in [-0.2, 0) is 0 Å². The van der Waals surface area contributed by atoms with Crippen LogP contribution in [0.4, 0.5) is 17.1 Å². The average molecular weight is 856 g/mol. The third-order valence-electron chi connectivity index (χ3n) is 13.4. The molecule has 0 unspecified atom stereocenters. The highest BCUT2D eigenvalue weighted by molar-refractivity contribution is 7.25.